The van der Waals surface area contributed by atoms with Crippen LogP contribution in [0.25, 0.3) is 0 Å². The first-order valence-corrected chi connectivity index (χ1v) is 6.96. The number of carboxylic acid groups (broad SMARTS) is 1. The first-order chi connectivity index (χ1) is 9.97. The molecule has 6 heteroatoms. The van der Waals surface area contributed by atoms with Crippen molar-refractivity contribution in [2.75, 3.05) is 18.5 Å². The first kappa shape index (κ1) is 15.3. The van der Waals surface area contributed by atoms with Crippen molar-refractivity contribution >= 4 is 17.7 Å². The van der Waals surface area contributed by atoms with Gasteiger partial charge in [0.2, 0.25) is 0 Å². The lowest BCUT2D eigenvalue weighted by molar-refractivity contribution is 0.0698. The van der Waals surface area contributed by atoms with E-state index in [2.05, 4.69) is 10.6 Å². The quantitative estimate of drug-likeness (QED) is 0.794. The molecule has 0 aromatic heterocycles. The van der Waals surface area contributed by atoms with Crippen molar-refractivity contribution in [2.24, 2.45) is 5.92 Å². The summed E-state index contributed by atoms with van der Waals surface area (Å²) < 4.78 is 5.29. The number of hydrogen-bond donors (Lipinski definition) is 3. The fourth-order valence-electron chi connectivity index (χ4n) is 2.37. The number of ether oxygens (including phenoxy) is 1. The van der Waals surface area contributed by atoms with E-state index in [1.807, 2.05) is 6.92 Å². The average Bonchev–Trinajstić information content (AvgIpc) is 2.94. The lowest BCUT2D eigenvalue weighted by Gasteiger charge is -2.20. The van der Waals surface area contributed by atoms with E-state index in [4.69, 9.17) is 9.84 Å². The fourth-order valence-corrected chi connectivity index (χ4v) is 2.37. The van der Waals surface area contributed by atoms with Crippen LogP contribution in [0.15, 0.2) is 18.2 Å². The second-order valence-electron chi connectivity index (χ2n) is 5.36. The van der Waals surface area contributed by atoms with E-state index in [1.165, 1.54) is 6.07 Å². The minimum absolute atomic E-state index is 0.0220. The monoisotopic (exact) mass is 292 g/mol. The number of carbonyl (C=O) groups excluding carboxylic acids is 1. The molecule has 1 saturated heterocycles. The highest BCUT2D eigenvalue weighted by Crippen LogP contribution is 2.19. The standard InChI is InChI=1S/C15H20N2O4/c1-9-3-4-13(12(7-9)14(18)19)17-15(20)16-10(2)11-5-6-21-8-11/h3-4,7,10-11H,5-6,8H2,1-2H3,(H,18,19)(H2,16,17,20). The Hall–Kier alpha value is -2.08. The van der Waals surface area contributed by atoms with E-state index in [-0.39, 0.29) is 11.6 Å². The van der Waals surface area contributed by atoms with E-state index in [0.717, 1.165) is 18.6 Å². The Balaban J connectivity index is 2.00. The third-order valence-electron chi connectivity index (χ3n) is 3.68. The molecule has 2 amide bonds. The number of aromatic carboxylic acids is 1. The van der Waals surface area contributed by atoms with Crippen LogP contribution >= 0.6 is 0 Å². The van der Waals surface area contributed by atoms with E-state index in [9.17, 15) is 9.59 Å². The van der Waals surface area contributed by atoms with Gasteiger partial charge in [-0.2, -0.15) is 0 Å². The predicted octanol–water partition coefficient (Wildman–Crippen LogP) is 2.24. The molecule has 2 atom stereocenters. The Morgan fingerprint density at radius 2 is 2.19 bits per heavy atom. The maximum Gasteiger partial charge on any atom is 0.337 e. The minimum atomic E-state index is -1.06. The number of hydrogen-bond acceptors (Lipinski definition) is 3. The third kappa shape index (κ3) is 3.95. The molecular formula is C15H20N2O4. The van der Waals surface area contributed by atoms with Crippen molar-refractivity contribution in [2.45, 2.75) is 26.3 Å². The van der Waals surface area contributed by atoms with Crippen LogP contribution in [0.4, 0.5) is 10.5 Å². The molecule has 1 aliphatic rings. The number of carboxylic acids is 1. The maximum atomic E-state index is 12.0. The molecule has 0 radical (unpaired) electrons. The second-order valence-corrected chi connectivity index (χ2v) is 5.36. The van der Waals surface area contributed by atoms with Gasteiger partial charge in [0.25, 0.3) is 0 Å². The highest BCUT2D eigenvalue weighted by Gasteiger charge is 2.24. The molecule has 2 unspecified atom stereocenters. The molecule has 0 aliphatic carbocycles. The molecule has 3 N–H and O–H groups in total. The van der Waals surface area contributed by atoms with Gasteiger partial charge in [0.15, 0.2) is 0 Å². The van der Waals surface area contributed by atoms with Gasteiger partial charge in [-0.1, -0.05) is 11.6 Å². The van der Waals surface area contributed by atoms with Crippen molar-refractivity contribution < 1.29 is 19.4 Å². The number of amides is 2. The number of urea groups is 1. The van der Waals surface area contributed by atoms with E-state index in [0.29, 0.717) is 18.2 Å². The van der Waals surface area contributed by atoms with Crippen molar-refractivity contribution in [3.8, 4) is 0 Å². The van der Waals surface area contributed by atoms with E-state index in [1.54, 1.807) is 19.1 Å². The van der Waals surface area contributed by atoms with Crippen LogP contribution in [0.2, 0.25) is 0 Å². The fraction of sp³-hybridized carbons (Fsp3) is 0.467. The second kappa shape index (κ2) is 6.58. The zero-order valence-electron chi connectivity index (χ0n) is 12.2. The summed E-state index contributed by atoms with van der Waals surface area (Å²) in [5.41, 5.74) is 1.21. The number of benzene rings is 1. The van der Waals surface area contributed by atoms with Crippen LogP contribution in [-0.2, 0) is 4.74 Å². The van der Waals surface area contributed by atoms with Crippen LogP contribution in [0, 0.1) is 12.8 Å². The summed E-state index contributed by atoms with van der Waals surface area (Å²) in [6.45, 7) is 5.09. The molecule has 0 spiro atoms. The van der Waals surface area contributed by atoms with Gasteiger partial charge in [0, 0.05) is 18.6 Å². The predicted molar refractivity (Wildman–Crippen MR) is 78.7 cm³/mol. The summed E-state index contributed by atoms with van der Waals surface area (Å²) in [6, 6.07) is 4.47. The Labute approximate surface area is 123 Å². The number of anilines is 1. The molecule has 21 heavy (non-hydrogen) atoms. The smallest absolute Gasteiger partial charge is 0.337 e. The van der Waals surface area contributed by atoms with E-state index >= 15 is 0 Å². The van der Waals surface area contributed by atoms with Crippen molar-refractivity contribution in [1.29, 1.82) is 0 Å². The van der Waals surface area contributed by atoms with Gasteiger partial charge in [0.1, 0.15) is 0 Å². The molecule has 1 fully saturated rings. The number of nitrogens with one attached hydrogen (secondary N) is 2. The first-order valence-electron chi connectivity index (χ1n) is 6.96. The summed E-state index contributed by atoms with van der Waals surface area (Å²) >= 11 is 0. The summed E-state index contributed by atoms with van der Waals surface area (Å²) in [4.78, 5) is 23.2. The van der Waals surface area contributed by atoms with Crippen LogP contribution < -0.4 is 10.6 Å². The molecular weight excluding hydrogens is 272 g/mol. The largest absolute Gasteiger partial charge is 0.478 e. The van der Waals surface area contributed by atoms with Crippen molar-refractivity contribution in [1.82, 2.24) is 5.32 Å². The van der Waals surface area contributed by atoms with Gasteiger partial charge < -0.3 is 20.5 Å². The Bertz CT molecular complexity index is 538. The number of carbonyl (C=O) groups is 2. The van der Waals surface area contributed by atoms with Crippen molar-refractivity contribution in [3.05, 3.63) is 29.3 Å². The highest BCUT2D eigenvalue weighted by molar-refractivity contribution is 6.00. The van der Waals surface area contributed by atoms with Gasteiger partial charge in [0.05, 0.1) is 17.9 Å². The Kier molecular flexibility index (Phi) is 4.80. The van der Waals surface area contributed by atoms with Crippen LogP contribution in [0.3, 0.4) is 0 Å². The lowest BCUT2D eigenvalue weighted by Crippen LogP contribution is -2.41. The zero-order chi connectivity index (χ0) is 15.4. The molecule has 1 heterocycles. The van der Waals surface area contributed by atoms with Gasteiger partial charge in [-0.3, -0.25) is 0 Å². The van der Waals surface area contributed by atoms with Crippen LogP contribution in [0.1, 0.15) is 29.3 Å². The summed E-state index contributed by atoms with van der Waals surface area (Å²) in [7, 11) is 0. The average molecular weight is 292 g/mol. The number of rotatable bonds is 4. The molecule has 0 saturated carbocycles. The molecule has 0 bridgehead atoms. The summed E-state index contributed by atoms with van der Waals surface area (Å²) in [5, 5.41) is 14.6. The molecule has 1 aliphatic heterocycles. The maximum absolute atomic E-state index is 12.0. The molecule has 6 nitrogen and oxygen atoms in total. The third-order valence-corrected chi connectivity index (χ3v) is 3.68. The van der Waals surface area contributed by atoms with Gasteiger partial charge in [-0.05, 0) is 32.4 Å². The molecule has 1 aromatic carbocycles. The lowest BCUT2D eigenvalue weighted by atomic mass is 10.0. The van der Waals surface area contributed by atoms with E-state index < -0.39 is 12.0 Å². The topological polar surface area (TPSA) is 87.7 Å². The number of aryl methyl sites for hydroxylation is 1. The summed E-state index contributed by atoms with van der Waals surface area (Å²) in [5.74, 6) is -0.765. The van der Waals surface area contributed by atoms with Crippen LogP contribution in [0.5, 0.6) is 0 Å². The van der Waals surface area contributed by atoms with Crippen LogP contribution in [-0.4, -0.2) is 36.4 Å². The van der Waals surface area contributed by atoms with Gasteiger partial charge in [-0.25, -0.2) is 9.59 Å². The molecule has 2 rings (SSSR count). The van der Waals surface area contributed by atoms with Gasteiger partial charge in [-0.15, -0.1) is 0 Å². The Morgan fingerprint density at radius 1 is 1.43 bits per heavy atom. The Morgan fingerprint density at radius 3 is 2.81 bits per heavy atom. The zero-order valence-corrected chi connectivity index (χ0v) is 12.2. The van der Waals surface area contributed by atoms with Gasteiger partial charge >= 0.3 is 12.0 Å². The molecule has 1 aromatic rings. The van der Waals surface area contributed by atoms with Crippen molar-refractivity contribution in [3.63, 3.8) is 0 Å². The summed E-state index contributed by atoms with van der Waals surface area (Å²) in [6.07, 6.45) is 0.923. The normalized spacial score (nSPS) is 19.0. The molecule has 114 valence electrons. The minimum Gasteiger partial charge on any atom is -0.478 e. The highest BCUT2D eigenvalue weighted by atomic mass is 16.5. The SMILES string of the molecule is Cc1ccc(NC(=O)NC(C)C2CCOC2)c(C(=O)O)c1.